The molecule has 0 bridgehead atoms. The van der Waals surface area contributed by atoms with Crippen LogP contribution in [0.2, 0.25) is 0 Å². The minimum absolute atomic E-state index is 0. The molecule has 1 N–H and O–H groups in total. The summed E-state index contributed by atoms with van der Waals surface area (Å²) in [5, 5.41) is 3.45. The van der Waals surface area contributed by atoms with Crippen LogP contribution in [-0.4, -0.2) is 48.1 Å². The van der Waals surface area contributed by atoms with Crippen molar-refractivity contribution in [1.82, 2.24) is 15.1 Å². The highest BCUT2D eigenvalue weighted by atomic mass is 16.2. The molecule has 31 heavy (non-hydrogen) atoms. The number of nitrogens with one attached hydrogen (secondary N) is 1. The van der Waals surface area contributed by atoms with Crippen LogP contribution in [0.4, 0.5) is 4.79 Å². The third kappa shape index (κ3) is 2.73. The van der Waals surface area contributed by atoms with Gasteiger partial charge in [-0.25, -0.2) is 4.79 Å². The van der Waals surface area contributed by atoms with Crippen LogP contribution in [0, 0.1) is 17.3 Å². The van der Waals surface area contributed by atoms with Crippen molar-refractivity contribution in [3.63, 3.8) is 0 Å². The second-order valence-electron chi connectivity index (χ2n) is 11.7. The highest BCUT2D eigenvalue weighted by molar-refractivity contribution is 5.75. The normalized spacial score (nSPS) is 40.1. The van der Waals surface area contributed by atoms with E-state index in [1.807, 2.05) is 4.90 Å². The van der Waals surface area contributed by atoms with Crippen LogP contribution in [0.3, 0.4) is 0 Å². The Hall–Kier alpha value is -1.55. The molecule has 5 atom stereocenters. The van der Waals surface area contributed by atoms with Gasteiger partial charge in [0.25, 0.3) is 0 Å². The number of rotatable bonds is 2. The molecule has 4 aliphatic carbocycles. The molecule has 2 saturated heterocycles. The van der Waals surface area contributed by atoms with Crippen molar-refractivity contribution in [2.45, 2.75) is 81.7 Å². The summed E-state index contributed by atoms with van der Waals surface area (Å²) in [6, 6.07) is 10.2. The SMILES string of the molecule is O=C(N[C@H]1CC2(CCN(C3CC45C[C@H]4CC[C@@H]35)CC2)c2ccccc21)N1CCCCC1.[HH]. The predicted octanol–water partition coefficient (Wildman–Crippen LogP) is 5.10. The summed E-state index contributed by atoms with van der Waals surface area (Å²) in [5.74, 6) is 2.13. The fraction of sp³-hybridized carbons (Fsp3) is 0.741. The number of nitrogens with zero attached hydrogens (tertiary/aromatic N) is 2. The van der Waals surface area contributed by atoms with Gasteiger partial charge in [0, 0.05) is 26.0 Å². The summed E-state index contributed by atoms with van der Waals surface area (Å²) in [7, 11) is 0. The first-order chi connectivity index (χ1) is 15.2. The predicted molar refractivity (Wildman–Crippen MR) is 124 cm³/mol. The number of likely N-dealkylation sites (tertiary alicyclic amines) is 2. The van der Waals surface area contributed by atoms with Gasteiger partial charge in [0.15, 0.2) is 0 Å². The van der Waals surface area contributed by atoms with E-state index < -0.39 is 0 Å². The quantitative estimate of drug-likeness (QED) is 0.721. The number of piperidine rings is 2. The summed E-state index contributed by atoms with van der Waals surface area (Å²) >= 11 is 0. The number of amides is 2. The molecule has 0 radical (unpaired) electrons. The smallest absolute Gasteiger partial charge is 0.317 e. The Labute approximate surface area is 188 Å². The maximum absolute atomic E-state index is 13.0. The average Bonchev–Trinajstić information content (AvgIpc) is 3.39. The number of hydrogen-bond donors (Lipinski definition) is 1. The first-order valence-corrected chi connectivity index (χ1v) is 13.1. The molecule has 6 aliphatic rings. The molecule has 5 fully saturated rings. The van der Waals surface area contributed by atoms with Gasteiger partial charge in [-0.3, -0.25) is 0 Å². The lowest BCUT2D eigenvalue weighted by Crippen LogP contribution is -2.56. The first kappa shape index (κ1) is 19.0. The van der Waals surface area contributed by atoms with E-state index >= 15 is 0 Å². The van der Waals surface area contributed by atoms with Gasteiger partial charge in [-0.1, -0.05) is 24.3 Å². The van der Waals surface area contributed by atoms with Crippen molar-refractivity contribution >= 4 is 6.03 Å². The third-order valence-corrected chi connectivity index (χ3v) is 10.6. The lowest BCUT2D eigenvalue weighted by molar-refractivity contribution is -0.0258. The lowest BCUT2D eigenvalue weighted by atomic mass is 9.65. The number of benzene rings is 1. The molecule has 1 aromatic rings. The Morgan fingerprint density at radius 2 is 1.77 bits per heavy atom. The fourth-order valence-corrected chi connectivity index (χ4v) is 8.76. The van der Waals surface area contributed by atoms with E-state index in [4.69, 9.17) is 0 Å². The van der Waals surface area contributed by atoms with E-state index in [1.54, 1.807) is 6.42 Å². The minimum Gasteiger partial charge on any atom is -0.331 e. The summed E-state index contributed by atoms with van der Waals surface area (Å²) in [4.78, 5) is 17.9. The zero-order valence-electron chi connectivity index (χ0n) is 18.8. The maximum atomic E-state index is 13.0. The van der Waals surface area contributed by atoms with Crippen molar-refractivity contribution in [3.8, 4) is 0 Å². The highest BCUT2D eigenvalue weighted by Gasteiger charge is 2.71. The van der Waals surface area contributed by atoms with Crippen molar-refractivity contribution in [1.29, 1.82) is 0 Å². The van der Waals surface area contributed by atoms with Crippen LogP contribution in [-0.2, 0) is 5.41 Å². The zero-order valence-corrected chi connectivity index (χ0v) is 18.8. The van der Waals surface area contributed by atoms with E-state index in [2.05, 4.69) is 34.5 Å². The minimum atomic E-state index is 0. The third-order valence-electron chi connectivity index (χ3n) is 10.6. The lowest BCUT2D eigenvalue weighted by Gasteiger charge is -2.53. The van der Waals surface area contributed by atoms with Crippen LogP contribution in [0.1, 0.15) is 82.8 Å². The standard InChI is InChI=1S/C27H37N3O.H2/c31-25(30-12-4-1-5-13-30)28-23-17-26(21-7-3-2-6-20(21)23)10-14-29(15-11-26)24-18-27-16-19(27)8-9-22(24)27;/h2-3,6-7,19,22-24H,1,4-5,8-18H2,(H,28,31);1H/t19-,22+,23+,24?,27?;/m1./s1. The van der Waals surface area contributed by atoms with Gasteiger partial charge in [-0.05, 0) is 106 Å². The number of carbonyl (C=O) groups excluding carboxylic acids is 1. The number of carbonyl (C=O) groups is 1. The van der Waals surface area contributed by atoms with Crippen LogP contribution < -0.4 is 5.32 Å². The average molecular weight is 422 g/mol. The number of urea groups is 1. The van der Waals surface area contributed by atoms with Crippen molar-refractivity contribution in [2.24, 2.45) is 17.3 Å². The second-order valence-corrected chi connectivity index (χ2v) is 11.7. The zero-order chi connectivity index (χ0) is 20.6. The number of hydrogen-bond acceptors (Lipinski definition) is 2. The molecule has 1 aromatic carbocycles. The van der Waals surface area contributed by atoms with Crippen LogP contribution in [0.15, 0.2) is 24.3 Å². The highest BCUT2D eigenvalue weighted by Crippen LogP contribution is 2.76. The molecule has 3 saturated carbocycles. The molecule has 2 heterocycles. The molecule has 4 nitrogen and oxygen atoms in total. The summed E-state index contributed by atoms with van der Waals surface area (Å²) in [5.41, 5.74) is 4.02. The molecule has 0 aromatic heterocycles. The molecule has 7 rings (SSSR count). The summed E-state index contributed by atoms with van der Waals surface area (Å²) < 4.78 is 0. The molecule has 2 amide bonds. The summed E-state index contributed by atoms with van der Waals surface area (Å²) in [6.07, 6.45) is 13.3. The Kier molecular flexibility index (Phi) is 4.12. The Morgan fingerprint density at radius 1 is 0.968 bits per heavy atom. The van der Waals surface area contributed by atoms with E-state index in [-0.39, 0.29) is 18.9 Å². The second kappa shape index (κ2) is 6.73. The fourth-order valence-electron chi connectivity index (χ4n) is 8.76. The summed E-state index contributed by atoms with van der Waals surface area (Å²) in [6.45, 7) is 4.35. The van der Waals surface area contributed by atoms with Crippen LogP contribution >= 0.6 is 0 Å². The Morgan fingerprint density at radius 3 is 2.55 bits per heavy atom. The van der Waals surface area contributed by atoms with Gasteiger partial charge in [0.05, 0.1) is 6.04 Å². The van der Waals surface area contributed by atoms with Crippen molar-refractivity contribution < 1.29 is 6.22 Å². The van der Waals surface area contributed by atoms with E-state index in [9.17, 15) is 4.79 Å². The first-order valence-electron chi connectivity index (χ1n) is 13.1. The van der Waals surface area contributed by atoms with Crippen LogP contribution in [0.5, 0.6) is 0 Å². The number of fused-ring (bicyclic) bond motifs is 2. The molecule has 4 heteroatoms. The Bertz CT molecular complexity index is 889. The van der Waals surface area contributed by atoms with Gasteiger partial charge in [-0.15, -0.1) is 0 Å². The molecule has 2 aliphatic heterocycles. The molecule has 2 spiro atoms. The topological polar surface area (TPSA) is 35.6 Å². The van der Waals surface area contributed by atoms with Gasteiger partial charge in [0.1, 0.15) is 0 Å². The largest absolute Gasteiger partial charge is 0.331 e. The monoisotopic (exact) mass is 421 g/mol. The molecular weight excluding hydrogens is 382 g/mol. The van der Waals surface area contributed by atoms with Crippen LogP contribution in [0.25, 0.3) is 0 Å². The van der Waals surface area contributed by atoms with Crippen molar-refractivity contribution in [3.05, 3.63) is 35.4 Å². The van der Waals surface area contributed by atoms with E-state index in [0.29, 0.717) is 0 Å². The van der Waals surface area contributed by atoms with E-state index in [0.717, 1.165) is 55.6 Å². The van der Waals surface area contributed by atoms with Gasteiger partial charge in [0.2, 0.25) is 0 Å². The molecular formula is C27H39N3O. The molecule has 2 unspecified atom stereocenters. The van der Waals surface area contributed by atoms with Gasteiger partial charge >= 0.3 is 6.03 Å². The maximum Gasteiger partial charge on any atom is 0.317 e. The van der Waals surface area contributed by atoms with E-state index in [1.165, 1.54) is 62.7 Å². The van der Waals surface area contributed by atoms with Gasteiger partial charge in [-0.2, -0.15) is 0 Å². The van der Waals surface area contributed by atoms with Crippen molar-refractivity contribution in [2.75, 3.05) is 26.2 Å². The van der Waals surface area contributed by atoms with Gasteiger partial charge < -0.3 is 15.1 Å². The Balaban J connectivity index is 0.00000196. The molecule has 168 valence electrons.